The van der Waals surface area contributed by atoms with Crippen LogP contribution in [0.15, 0.2) is 36.4 Å². The van der Waals surface area contributed by atoms with Gasteiger partial charge in [0.15, 0.2) is 0 Å². The molecule has 0 aliphatic heterocycles. The summed E-state index contributed by atoms with van der Waals surface area (Å²) in [5, 5.41) is 13.7. The van der Waals surface area contributed by atoms with E-state index < -0.39 is 4.92 Å². The summed E-state index contributed by atoms with van der Waals surface area (Å²) in [7, 11) is 1.70. The highest BCUT2D eigenvalue weighted by Crippen LogP contribution is 2.31. The fraction of sp³-hybridized carbons (Fsp3) is 0.200. The van der Waals surface area contributed by atoms with Gasteiger partial charge in [-0.1, -0.05) is 6.07 Å². The van der Waals surface area contributed by atoms with Gasteiger partial charge in [0.1, 0.15) is 17.3 Å². The second-order valence-electron chi connectivity index (χ2n) is 4.56. The first-order valence-corrected chi connectivity index (χ1v) is 6.38. The maximum atomic E-state index is 13.8. The van der Waals surface area contributed by atoms with E-state index in [0.29, 0.717) is 23.6 Å². The first kappa shape index (κ1) is 14.9. The van der Waals surface area contributed by atoms with Crippen molar-refractivity contribution >= 4 is 5.69 Å². The molecule has 0 saturated heterocycles. The molecule has 0 fully saturated rings. The lowest BCUT2D eigenvalue weighted by atomic mass is 10.1. The van der Waals surface area contributed by atoms with Crippen LogP contribution in [0.4, 0.5) is 10.1 Å². The van der Waals surface area contributed by atoms with Crippen LogP contribution in [0.1, 0.15) is 11.1 Å². The molecule has 0 aliphatic rings. The molecular formula is C15H15FN2O3. The minimum Gasteiger partial charge on any atom is -0.456 e. The van der Waals surface area contributed by atoms with Crippen LogP contribution < -0.4 is 10.1 Å². The summed E-state index contributed by atoms with van der Waals surface area (Å²) in [6, 6.07) is 8.86. The first-order valence-electron chi connectivity index (χ1n) is 6.38. The molecule has 6 heteroatoms. The quantitative estimate of drug-likeness (QED) is 0.675. The maximum absolute atomic E-state index is 13.8. The Labute approximate surface area is 121 Å². The summed E-state index contributed by atoms with van der Waals surface area (Å²) in [6.45, 7) is 2.08. The Balaban J connectivity index is 2.40. The molecule has 2 rings (SSSR count). The van der Waals surface area contributed by atoms with Crippen molar-refractivity contribution in [1.82, 2.24) is 5.32 Å². The van der Waals surface area contributed by atoms with Gasteiger partial charge in [-0.15, -0.1) is 0 Å². The van der Waals surface area contributed by atoms with Gasteiger partial charge in [-0.25, -0.2) is 4.39 Å². The summed E-state index contributed by atoms with van der Waals surface area (Å²) in [6.07, 6.45) is 0. The van der Waals surface area contributed by atoms with E-state index in [-0.39, 0.29) is 11.5 Å². The van der Waals surface area contributed by atoms with Crippen LogP contribution in [0.5, 0.6) is 11.5 Å². The molecule has 0 unspecified atom stereocenters. The van der Waals surface area contributed by atoms with Crippen LogP contribution in [0.25, 0.3) is 0 Å². The Morgan fingerprint density at radius 3 is 2.71 bits per heavy atom. The van der Waals surface area contributed by atoms with Gasteiger partial charge in [-0.2, -0.15) is 0 Å². The number of nitrogens with zero attached hydrogens (tertiary/aromatic N) is 1. The van der Waals surface area contributed by atoms with Crippen molar-refractivity contribution in [3.8, 4) is 11.5 Å². The molecule has 5 nitrogen and oxygen atoms in total. The lowest BCUT2D eigenvalue weighted by Crippen LogP contribution is -2.08. The maximum Gasteiger partial charge on any atom is 0.273 e. The minimum atomic E-state index is -0.494. The predicted octanol–water partition coefficient (Wildman–Crippen LogP) is 3.55. The van der Waals surface area contributed by atoms with E-state index in [9.17, 15) is 14.5 Å². The molecule has 2 aromatic carbocycles. The van der Waals surface area contributed by atoms with Crippen molar-refractivity contribution in [2.45, 2.75) is 13.5 Å². The van der Waals surface area contributed by atoms with Crippen molar-refractivity contribution < 1.29 is 14.1 Å². The molecule has 1 N–H and O–H groups in total. The van der Waals surface area contributed by atoms with E-state index in [1.165, 1.54) is 24.3 Å². The van der Waals surface area contributed by atoms with E-state index >= 15 is 0 Å². The van der Waals surface area contributed by atoms with Crippen molar-refractivity contribution in [3.05, 3.63) is 63.5 Å². The second kappa shape index (κ2) is 6.32. The largest absolute Gasteiger partial charge is 0.456 e. The predicted molar refractivity (Wildman–Crippen MR) is 77.1 cm³/mol. The number of nitro groups is 1. The van der Waals surface area contributed by atoms with Gasteiger partial charge in [0, 0.05) is 18.2 Å². The molecule has 2 aromatic rings. The Hall–Kier alpha value is -2.47. The number of nitro benzene ring substituents is 1. The highest BCUT2D eigenvalue weighted by Gasteiger charge is 2.14. The Morgan fingerprint density at radius 2 is 2.05 bits per heavy atom. The number of halogens is 1. The topological polar surface area (TPSA) is 64.4 Å². The standard InChI is InChI=1S/C15H15FN2O3/c1-10-6-7-11(18(19)20)8-15(10)21-14-5-3-4-13(16)12(14)9-17-2/h3-8,17H,9H2,1-2H3. The number of hydrogen-bond acceptors (Lipinski definition) is 4. The van der Waals surface area contributed by atoms with Crippen LogP contribution in [0.3, 0.4) is 0 Å². The fourth-order valence-corrected chi connectivity index (χ4v) is 1.91. The monoisotopic (exact) mass is 290 g/mol. The first-order chi connectivity index (χ1) is 10.0. The van der Waals surface area contributed by atoms with Gasteiger partial charge in [0.2, 0.25) is 0 Å². The van der Waals surface area contributed by atoms with Gasteiger partial charge >= 0.3 is 0 Å². The van der Waals surface area contributed by atoms with Crippen molar-refractivity contribution in [1.29, 1.82) is 0 Å². The Kier molecular flexibility index (Phi) is 4.49. The molecule has 0 aliphatic carbocycles. The Morgan fingerprint density at radius 1 is 1.29 bits per heavy atom. The number of aryl methyl sites for hydroxylation is 1. The third kappa shape index (κ3) is 3.35. The second-order valence-corrected chi connectivity index (χ2v) is 4.56. The molecule has 110 valence electrons. The van der Waals surface area contributed by atoms with Gasteiger partial charge in [0.05, 0.1) is 11.0 Å². The summed E-state index contributed by atoms with van der Waals surface area (Å²) in [5.41, 5.74) is 1.05. The highest BCUT2D eigenvalue weighted by atomic mass is 19.1. The van der Waals surface area contributed by atoms with E-state index in [4.69, 9.17) is 4.74 Å². The van der Waals surface area contributed by atoms with Gasteiger partial charge in [-0.3, -0.25) is 10.1 Å². The van der Waals surface area contributed by atoms with Crippen molar-refractivity contribution in [2.75, 3.05) is 7.05 Å². The number of ether oxygens (including phenoxy) is 1. The zero-order valence-corrected chi connectivity index (χ0v) is 11.7. The average Bonchev–Trinajstić information content (AvgIpc) is 2.44. The van der Waals surface area contributed by atoms with Crippen LogP contribution in [0.2, 0.25) is 0 Å². The minimum absolute atomic E-state index is 0.0674. The van der Waals surface area contributed by atoms with Crippen LogP contribution in [-0.4, -0.2) is 12.0 Å². The zero-order chi connectivity index (χ0) is 15.4. The summed E-state index contributed by atoms with van der Waals surface area (Å²) < 4.78 is 19.5. The van der Waals surface area contributed by atoms with Gasteiger partial charge in [-0.05, 0) is 37.7 Å². The van der Waals surface area contributed by atoms with Crippen LogP contribution in [0, 0.1) is 22.9 Å². The number of non-ortho nitro benzene ring substituents is 1. The summed E-state index contributed by atoms with van der Waals surface area (Å²) >= 11 is 0. The van der Waals surface area contributed by atoms with E-state index in [0.717, 1.165) is 5.56 Å². The summed E-state index contributed by atoms with van der Waals surface area (Å²) in [5.74, 6) is 0.296. The molecule has 0 saturated carbocycles. The third-order valence-electron chi connectivity index (χ3n) is 3.03. The summed E-state index contributed by atoms with van der Waals surface area (Å²) in [4.78, 5) is 10.3. The smallest absolute Gasteiger partial charge is 0.273 e. The number of benzene rings is 2. The van der Waals surface area contributed by atoms with Gasteiger partial charge < -0.3 is 10.1 Å². The lowest BCUT2D eigenvalue weighted by Gasteiger charge is -2.13. The molecule has 0 atom stereocenters. The highest BCUT2D eigenvalue weighted by molar-refractivity contribution is 5.47. The third-order valence-corrected chi connectivity index (χ3v) is 3.03. The number of rotatable bonds is 5. The number of hydrogen-bond donors (Lipinski definition) is 1. The van der Waals surface area contributed by atoms with Gasteiger partial charge in [0.25, 0.3) is 5.69 Å². The molecule has 0 spiro atoms. The van der Waals surface area contributed by atoms with Crippen molar-refractivity contribution in [3.63, 3.8) is 0 Å². The fourth-order valence-electron chi connectivity index (χ4n) is 1.91. The molecule has 0 amide bonds. The van der Waals surface area contributed by atoms with E-state index in [1.807, 2.05) is 0 Å². The molecule has 0 radical (unpaired) electrons. The van der Waals surface area contributed by atoms with Crippen molar-refractivity contribution in [2.24, 2.45) is 0 Å². The normalized spacial score (nSPS) is 10.4. The molecule has 0 heterocycles. The lowest BCUT2D eigenvalue weighted by molar-refractivity contribution is -0.384. The van der Waals surface area contributed by atoms with E-state index in [2.05, 4.69) is 5.32 Å². The number of nitrogens with one attached hydrogen (secondary N) is 1. The average molecular weight is 290 g/mol. The molecule has 0 bridgehead atoms. The molecular weight excluding hydrogens is 275 g/mol. The van der Waals surface area contributed by atoms with Crippen LogP contribution in [-0.2, 0) is 6.54 Å². The van der Waals surface area contributed by atoms with Crippen LogP contribution >= 0.6 is 0 Å². The molecule has 0 aromatic heterocycles. The van der Waals surface area contributed by atoms with E-state index in [1.54, 1.807) is 26.1 Å². The molecule has 21 heavy (non-hydrogen) atoms. The SMILES string of the molecule is CNCc1c(F)cccc1Oc1cc([N+](=O)[O-])ccc1C. The zero-order valence-electron chi connectivity index (χ0n) is 11.7. The Bertz CT molecular complexity index is 674.